The fraction of sp³-hybridized carbons (Fsp3) is 0.538. The van der Waals surface area contributed by atoms with E-state index in [0.29, 0.717) is 18.7 Å². The van der Waals surface area contributed by atoms with E-state index in [2.05, 4.69) is 4.98 Å². The topological polar surface area (TPSA) is 65.2 Å². The van der Waals surface area contributed by atoms with Crippen LogP contribution in [0.15, 0.2) is 12.3 Å². The molecular formula is C13H18N2O2. The van der Waals surface area contributed by atoms with Gasteiger partial charge in [-0.15, -0.1) is 0 Å². The van der Waals surface area contributed by atoms with Gasteiger partial charge >= 0.3 is 5.97 Å². The van der Waals surface area contributed by atoms with Crippen molar-refractivity contribution in [2.45, 2.75) is 38.5 Å². The number of nitrogens with two attached hydrogens (primary N) is 1. The van der Waals surface area contributed by atoms with Crippen LogP contribution in [0.1, 0.15) is 43.4 Å². The minimum absolute atomic E-state index is 0.135. The summed E-state index contributed by atoms with van der Waals surface area (Å²) in [6.45, 7) is 2.26. The summed E-state index contributed by atoms with van der Waals surface area (Å²) in [7, 11) is 0. The van der Waals surface area contributed by atoms with E-state index in [0.717, 1.165) is 25.0 Å². The highest BCUT2D eigenvalue weighted by Crippen LogP contribution is 2.33. The predicted molar refractivity (Wildman–Crippen MR) is 65.6 cm³/mol. The molecule has 0 spiro atoms. The number of ether oxygens (including phenoxy) is 1. The molecule has 4 heteroatoms. The lowest BCUT2D eigenvalue weighted by Crippen LogP contribution is -2.17. The lowest BCUT2D eigenvalue weighted by Gasteiger charge is -2.23. The van der Waals surface area contributed by atoms with Gasteiger partial charge in [-0.05, 0) is 37.8 Å². The Morgan fingerprint density at radius 3 is 3.24 bits per heavy atom. The zero-order valence-electron chi connectivity index (χ0n) is 10.1. The summed E-state index contributed by atoms with van der Waals surface area (Å²) in [5, 5.41) is 0. The van der Waals surface area contributed by atoms with Crippen molar-refractivity contribution < 1.29 is 9.53 Å². The highest BCUT2D eigenvalue weighted by atomic mass is 16.5. The van der Waals surface area contributed by atoms with Gasteiger partial charge in [-0.3, -0.25) is 9.78 Å². The fourth-order valence-electron chi connectivity index (χ4n) is 2.40. The van der Waals surface area contributed by atoms with E-state index in [4.69, 9.17) is 10.5 Å². The second kappa shape index (κ2) is 5.17. The van der Waals surface area contributed by atoms with Gasteiger partial charge in [-0.2, -0.15) is 0 Å². The molecular weight excluding hydrogens is 216 g/mol. The number of rotatable bonds is 3. The first-order chi connectivity index (χ1) is 8.20. The monoisotopic (exact) mass is 234 g/mol. The van der Waals surface area contributed by atoms with Gasteiger partial charge < -0.3 is 10.5 Å². The van der Waals surface area contributed by atoms with Crippen molar-refractivity contribution in [2.24, 2.45) is 0 Å². The van der Waals surface area contributed by atoms with Crippen molar-refractivity contribution >= 4 is 11.7 Å². The number of aromatic nitrogens is 1. The summed E-state index contributed by atoms with van der Waals surface area (Å²) in [4.78, 5) is 15.9. The molecule has 1 atom stereocenters. The molecule has 1 aliphatic carbocycles. The number of pyridine rings is 1. The van der Waals surface area contributed by atoms with Crippen LogP contribution >= 0.6 is 0 Å². The molecule has 4 nitrogen and oxygen atoms in total. The number of carbonyl (C=O) groups excluding carboxylic acids is 1. The lowest BCUT2D eigenvalue weighted by atomic mass is 9.84. The first-order valence-electron chi connectivity index (χ1n) is 6.10. The molecule has 92 valence electrons. The molecule has 0 aromatic carbocycles. The molecule has 1 aromatic rings. The zero-order valence-corrected chi connectivity index (χ0v) is 10.1. The summed E-state index contributed by atoms with van der Waals surface area (Å²) in [5.41, 5.74) is 8.63. The second-order valence-electron chi connectivity index (χ2n) is 4.41. The predicted octanol–water partition coefficient (Wildman–Crippen LogP) is 2.04. The van der Waals surface area contributed by atoms with Crippen molar-refractivity contribution in [1.29, 1.82) is 0 Å². The smallest absolute Gasteiger partial charge is 0.306 e. The van der Waals surface area contributed by atoms with Gasteiger partial charge in [0.05, 0.1) is 24.9 Å². The highest BCUT2D eigenvalue weighted by molar-refractivity contribution is 5.70. The Morgan fingerprint density at radius 2 is 2.47 bits per heavy atom. The van der Waals surface area contributed by atoms with Crippen LogP contribution in [0.25, 0.3) is 0 Å². The van der Waals surface area contributed by atoms with E-state index in [9.17, 15) is 4.79 Å². The Labute approximate surface area is 101 Å². The van der Waals surface area contributed by atoms with Crippen LogP contribution in [0.3, 0.4) is 0 Å². The number of hydrogen-bond acceptors (Lipinski definition) is 4. The summed E-state index contributed by atoms with van der Waals surface area (Å²) in [6, 6.07) is 1.97. The number of esters is 1. The van der Waals surface area contributed by atoms with Crippen LogP contribution in [0.5, 0.6) is 0 Å². The summed E-state index contributed by atoms with van der Waals surface area (Å²) >= 11 is 0. The third kappa shape index (κ3) is 2.75. The number of nitrogens with zero attached hydrogens (tertiary/aromatic N) is 1. The van der Waals surface area contributed by atoms with Gasteiger partial charge in [0.2, 0.25) is 0 Å². The molecule has 0 saturated heterocycles. The molecule has 0 saturated carbocycles. The molecule has 1 aliphatic rings. The Morgan fingerprint density at radius 1 is 1.65 bits per heavy atom. The van der Waals surface area contributed by atoms with E-state index in [1.807, 2.05) is 13.0 Å². The van der Waals surface area contributed by atoms with E-state index in [-0.39, 0.29) is 11.9 Å². The van der Waals surface area contributed by atoms with Crippen LogP contribution in [0.4, 0.5) is 5.69 Å². The molecule has 17 heavy (non-hydrogen) atoms. The van der Waals surface area contributed by atoms with Gasteiger partial charge in [0.25, 0.3) is 0 Å². The lowest BCUT2D eigenvalue weighted by molar-refractivity contribution is -0.143. The molecule has 0 radical (unpaired) electrons. The SMILES string of the molecule is CCOC(=O)C[C@H]1CCCc2cc(N)cnc21. The maximum absolute atomic E-state index is 11.5. The normalized spacial score (nSPS) is 18.5. The molecule has 2 N–H and O–H groups in total. The first-order valence-corrected chi connectivity index (χ1v) is 6.10. The van der Waals surface area contributed by atoms with Gasteiger partial charge in [0.1, 0.15) is 0 Å². The van der Waals surface area contributed by atoms with Gasteiger partial charge in [-0.25, -0.2) is 0 Å². The minimum Gasteiger partial charge on any atom is -0.466 e. The minimum atomic E-state index is -0.135. The van der Waals surface area contributed by atoms with Crippen LogP contribution in [-0.2, 0) is 16.0 Å². The number of hydrogen-bond donors (Lipinski definition) is 1. The summed E-state index contributed by atoms with van der Waals surface area (Å²) in [5.74, 6) is 0.0578. The molecule has 0 aliphatic heterocycles. The van der Waals surface area contributed by atoms with Crippen molar-refractivity contribution in [3.8, 4) is 0 Å². The van der Waals surface area contributed by atoms with Crippen LogP contribution in [-0.4, -0.2) is 17.6 Å². The molecule has 2 rings (SSSR count). The van der Waals surface area contributed by atoms with Crippen LogP contribution in [0.2, 0.25) is 0 Å². The van der Waals surface area contributed by atoms with Gasteiger partial charge in [0, 0.05) is 11.6 Å². The third-order valence-corrected chi connectivity index (χ3v) is 3.13. The second-order valence-corrected chi connectivity index (χ2v) is 4.41. The largest absolute Gasteiger partial charge is 0.466 e. The van der Waals surface area contributed by atoms with Gasteiger partial charge in [-0.1, -0.05) is 0 Å². The standard InChI is InChI=1S/C13H18N2O2/c1-2-17-12(16)7-10-5-3-4-9-6-11(14)8-15-13(9)10/h6,8,10H,2-5,7,14H2,1H3/t10-/m1/s1. The maximum atomic E-state index is 11.5. The molecule has 0 unspecified atom stereocenters. The van der Waals surface area contributed by atoms with Gasteiger partial charge in [0.15, 0.2) is 0 Å². The summed E-state index contributed by atoms with van der Waals surface area (Å²) in [6.07, 6.45) is 5.19. The molecule has 0 amide bonds. The number of carbonyl (C=O) groups is 1. The zero-order chi connectivity index (χ0) is 12.3. The first kappa shape index (κ1) is 11.9. The fourth-order valence-corrected chi connectivity index (χ4v) is 2.40. The van der Waals surface area contributed by atoms with Crippen molar-refractivity contribution in [2.75, 3.05) is 12.3 Å². The molecule has 1 heterocycles. The number of anilines is 1. The Balaban J connectivity index is 2.14. The Bertz CT molecular complexity index is 418. The molecule has 0 bridgehead atoms. The summed E-state index contributed by atoms with van der Waals surface area (Å²) < 4.78 is 4.99. The van der Waals surface area contributed by atoms with E-state index in [1.165, 1.54) is 5.56 Å². The van der Waals surface area contributed by atoms with Crippen molar-refractivity contribution in [3.63, 3.8) is 0 Å². The Kier molecular flexibility index (Phi) is 3.61. The Hall–Kier alpha value is -1.58. The molecule has 0 fully saturated rings. The number of nitrogen functional groups attached to an aromatic ring is 1. The van der Waals surface area contributed by atoms with E-state index in [1.54, 1.807) is 6.20 Å². The average Bonchev–Trinajstić information content (AvgIpc) is 2.29. The molecule has 1 aromatic heterocycles. The quantitative estimate of drug-likeness (QED) is 0.813. The van der Waals surface area contributed by atoms with E-state index >= 15 is 0 Å². The maximum Gasteiger partial charge on any atom is 0.306 e. The van der Waals surface area contributed by atoms with Crippen LogP contribution < -0.4 is 5.73 Å². The van der Waals surface area contributed by atoms with Crippen molar-refractivity contribution in [1.82, 2.24) is 4.98 Å². The number of fused-ring (bicyclic) bond motifs is 1. The average molecular weight is 234 g/mol. The highest BCUT2D eigenvalue weighted by Gasteiger charge is 2.24. The number of aryl methyl sites for hydroxylation is 1. The van der Waals surface area contributed by atoms with Crippen molar-refractivity contribution in [3.05, 3.63) is 23.5 Å². The third-order valence-electron chi connectivity index (χ3n) is 3.13. The van der Waals surface area contributed by atoms with E-state index < -0.39 is 0 Å². The van der Waals surface area contributed by atoms with Crippen LogP contribution in [0, 0.1) is 0 Å².